The highest BCUT2D eigenvalue weighted by Crippen LogP contribution is 2.35. The molecule has 1 aromatic carbocycles. The molecule has 1 fully saturated rings. The molecule has 1 amide bonds. The molecule has 1 saturated heterocycles. The zero-order valence-corrected chi connectivity index (χ0v) is 15.8. The SMILES string of the molecule is COc1cc(C(=O)N2CCOCC2)c(F)cc1Nc1ncc(C(F)(F)F)c(Cl)n1. The molecule has 2 aromatic rings. The van der Waals surface area contributed by atoms with E-state index in [2.05, 4.69) is 15.3 Å². The van der Waals surface area contributed by atoms with Gasteiger partial charge in [-0.3, -0.25) is 4.79 Å². The lowest BCUT2D eigenvalue weighted by atomic mass is 10.1. The largest absolute Gasteiger partial charge is 0.495 e. The number of rotatable bonds is 4. The number of nitrogens with one attached hydrogen (secondary N) is 1. The number of methoxy groups -OCH3 is 1. The Bertz CT molecular complexity index is 920. The van der Waals surface area contributed by atoms with Crippen molar-refractivity contribution >= 4 is 29.1 Å². The number of carbonyl (C=O) groups is 1. The topological polar surface area (TPSA) is 76.6 Å². The number of halogens is 5. The number of nitrogens with zero attached hydrogens (tertiary/aromatic N) is 3. The summed E-state index contributed by atoms with van der Waals surface area (Å²) in [6.07, 6.45) is -4.20. The Hall–Kier alpha value is -2.66. The van der Waals surface area contributed by atoms with Crippen LogP contribution in [-0.2, 0) is 10.9 Å². The predicted octanol–water partition coefficient (Wildman–Crippen LogP) is 3.51. The van der Waals surface area contributed by atoms with Gasteiger partial charge < -0.3 is 19.7 Å². The van der Waals surface area contributed by atoms with Crippen LogP contribution < -0.4 is 10.1 Å². The van der Waals surface area contributed by atoms with Crippen molar-refractivity contribution in [3.63, 3.8) is 0 Å². The molecule has 29 heavy (non-hydrogen) atoms. The number of alkyl halides is 3. The second-order valence-corrected chi connectivity index (χ2v) is 6.32. The smallest absolute Gasteiger partial charge is 0.420 e. The van der Waals surface area contributed by atoms with Crippen molar-refractivity contribution in [2.75, 3.05) is 38.7 Å². The quantitative estimate of drug-likeness (QED) is 0.586. The Labute approximate surface area is 167 Å². The lowest BCUT2D eigenvalue weighted by molar-refractivity contribution is -0.137. The molecule has 0 atom stereocenters. The molecule has 12 heteroatoms. The van der Waals surface area contributed by atoms with Gasteiger partial charge in [0, 0.05) is 25.4 Å². The van der Waals surface area contributed by atoms with E-state index in [0.29, 0.717) is 32.5 Å². The average Bonchev–Trinajstić information content (AvgIpc) is 2.67. The van der Waals surface area contributed by atoms with Crippen LogP contribution in [0.5, 0.6) is 5.75 Å². The van der Waals surface area contributed by atoms with E-state index in [4.69, 9.17) is 21.1 Å². The van der Waals surface area contributed by atoms with Gasteiger partial charge in [-0.2, -0.15) is 13.2 Å². The summed E-state index contributed by atoms with van der Waals surface area (Å²) in [4.78, 5) is 21.1. The van der Waals surface area contributed by atoms with Crippen LogP contribution in [0.3, 0.4) is 0 Å². The van der Waals surface area contributed by atoms with Crippen molar-refractivity contribution in [2.24, 2.45) is 0 Å². The molecular weight excluding hydrogens is 420 g/mol. The Morgan fingerprint density at radius 1 is 1.31 bits per heavy atom. The second kappa shape index (κ2) is 8.37. The molecule has 156 valence electrons. The van der Waals surface area contributed by atoms with E-state index >= 15 is 0 Å². The number of ether oxygens (including phenoxy) is 2. The maximum absolute atomic E-state index is 14.6. The van der Waals surface area contributed by atoms with E-state index in [1.807, 2.05) is 0 Å². The highest BCUT2D eigenvalue weighted by Gasteiger charge is 2.34. The molecular formula is C17H15ClF4N4O3. The molecule has 0 unspecified atom stereocenters. The van der Waals surface area contributed by atoms with Crippen LogP contribution in [0, 0.1) is 5.82 Å². The number of hydrogen-bond acceptors (Lipinski definition) is 6. The lowest BCUT2D eigenvalue weighted by Crippen LogP contribution is -2.41. The Morgan fingerprint density at radius 3 is 2.59 bits per heavy atom. The molecule has 3 rings (SSSR count). The van der Waals surface area contributed by atoms with Crippen LogP contribution in [0.1, 0.15) is 15.9 Å². The standard InChI is InChI=1S/C17H15ClF4N4O3/c1-28-13-6-9(15(27)26-2-4-29-5-3-26)11(19)7-12(13)24-16-23-8-10(14(18)25-16)17(20,21)22/h6-8H,2-5H2,1H3,(H,23,24,25). The Balaban J connectivity index is 1.88. The van der Waals surface area contributed by atoms with Gasteiger partial charge in [0.2, 0.25) is 5.95 Å². The van der Waals surface area contributed by atoms with E-state index in [-0.39, 0.29) is 22.9 Å². The number of aromatic nitrogens is 2. The molecule has 0 aliphatic carbocycles. The van der Waals surface area contributed by atoms with E-state index in [1.54, 1.807) is 0 Å². The Morgan fingerprint density at radius 2 is 2.00 bits per heavy atom. The van der Waals surface area contributed by atoms with Gasteiger partial charge in [0.05, 0.1) is 31.6 Å². The summed E-state index contributed by atoms with van der Waals surface area (Å²) < 4.78 is 63.2. The summed E-state index contributed by atoms with van der Waals surface area (Å²) in [5, 5.41) is 1.73. The zero-order chi connectivity index (χ0) is 21.2. The van der Waals surface area contributed by atoms with Crippen LogP contribution in [0.2, 0.25) is 5.15 Å². The van der Waals surface area contributed by atoms with Gasteiger partial charge in [-0.05, 0) is 6.07 Å². The van der Waals surface area contributed by atoms with Gasteiger partial charge in [0.25, 0.3) is 5.91 Å². The van der Waals surface area contributed by atoms with Crippen molar-refractivity contribution in [3.05, 3.63) is 40.4 Å². The maximum Gasteiger partial charge on any atom is 0.420 e. The van der Waals surface area contributed by atoms with Gasteiger partial charge in [-0.25, -0.2) is 14.4 Å². The normalized spacial score (nSPS) is 14.6. The fraction of sp³-hybridized carbons (Fsp3) is 0.353. The van der Waals surface area contributed by atoms with Crippen LogP contribution in [0.15, 0.2) is 18.3 Å². The van der Waals surface area contributed by atoms with Crippen molar-refractivity contribution in [1.29, 1.82) is 0 Å². The predicted molar refractivity (Wildman–Crippen MR) is 95.0 cm³/mol. The number of morpholine rings is 1. The third-order valence-electron chi connectivity index (χ3n) is 4.11. The van der Waals surface area contributed by atoms with Gasteiger partial charge in [-0.15, -0.1) is 0 Å². The number of benzene rings is 1. The minimum absolute atomic E-state index is 0.0133. The maximum atomic E-state index is 14.6. The fourth-order valence-corrected chi connectivity index (χ4v) is 2.89. The van der Waals surface area contributed by atoms with E-state index in [0.717, 1.165) is 6.07 Å². The first-order valence-corrected chi connectivity index (χ1v) is 8.70. The van der Waals surface area contributed by atoms with Gasteiger partial charge in [-0.1, -0.05) is 11.6 Å². The number of carbonyl (C=O) groups excluding carboxylic acids is 1. The molecule has 0 bridgehead atoms. The molecule has 0 spiro atoms. The van der Waals surface area contributed by atoms with Gasteiger partial charge in [0.1, 0.15) is 22.3 Å². The van der Waals surface area contributed by atoms with Crippen LogP contribution in [0.25, 0.3) is 0 Å². The van der Waals surface area contributed by atoms with Crippen LogP contribution in [0.4, 0.5) is 29.2 Å². The van der Waals surface area contributed by atoms with Crippen molar-refractivity contribution < 1.29 is 31.8 Å². The minimum atomic E-state index is -4.71. The first-order chi connectivity index (χ1) is 13.7. The van der Waals surface area contributed by atoms with Gasteiger partial charge in [0.15, 0.2) is 0 Å². The van der Waals surface area contributed by atoms with Gasteiger partial charge >= 0.3 is 6.18 Å². The monoisotopic (exact) mass is 434 g/mol. The third kappa shape index (κ3) is 4.67. The van der Waals surface area contributed by atoms with Crippen LogP contribution >= 0.6 is 11.6 Å². The van der Waals surface area contributed by atoms with Crippen molar-refractivity contribution in [2.45, 2.75) is 6.18 Å². The van der Waals surface area contributed by atoms with Crippen molar-refractivity contribution in [1.82, 2.24) is 14.9 Å². The lowest BCUT2D eigenvalue weighted by Gasteiger charge is -2.27. The number of anilines is 2. The molecule has 2 heterocycles. The summed E-state index contributed by atoms with van der Waals surface area (Å²) in [5.74, 6) is -1.59. The summed E-state index contributed by atoms with van der Waals surface area (Å²) >= 11 is 5.56. The van der Waals surface area contributed by atoms with E-state index < -0.39 is 28.6 Å². The minimum Gasteiger partial charge on any atom is -0.495 e. The summed E-state index contributed by atoms with van der Waals surface area (Å²) in [5.41, 5.74) is -1.39. The second-order valence-electron chi connectivity index (χ2n) is 5.96. The molecule has 1 aliphatic heterocycles. The molecule has 7 nitrogen and oxygen atoms in total. The highest BCUT2D eigenvalue weighted by atomic mass is 35.5. The molecule has 1 aromatic heterocycles. The first-order valence-electron chi connectivity index (χ1n) is 8.32. The Kier molecular flexibility index (Phi) is 6.08. The molecule has 1 aliphatic rings. The zero-order valence-electron chi connectivity index (χ0n) is 15.0. The third-order valence-corrected chi connectivity index (χ3v) is 4.40. The van der Waals surface area contributed by atoms with Crippen molar-refractivity contribution in [3.8, 4) is 5.75 Å². The van der Waals surface area contributed by atoms with Crippen LogP contribution in [-0.4, -0.2) is 54.2 Å². The van der Waals surface area contributed by atoms with E-state index in [9.17, 15) is 22.4 Å². The summed E-state index contributed by atoms with van der Waals surface area (Å²) in [6.45, 7) is 1.38. The molecule has 1 N–H and O–H groups in total. The summed E-state index contributed by atoms with van der Waals surface area (Å²) in [7, 11) is 1.29. The number of hydrogen-bond donors (Lipinski definition) is 1. The highest BCUT2D eigenvalue weighted by molar-refractivity contribution is 6.30. The molecule has 0 radical (unpaired) electrons. The summed E-state index contributed by atoms with van der Waals surface area (Å²) in [6, 6.07) is 2.17. The molecule has 0 saturated carbocycles. The number of amides is 1. The van der Waals surface area contributed by atoms with E-state index in [1.165, 1.54) is 18.1 Å². The average molecular weight is 435 g/mol. The first kappa shape index (κ1) is 21.1. The fourth-order valence-electron chi connectivity index (χ4n) is 2.65.